The molecule has 0 aliphatic heterocycles. The number of nitrogens with zero attached hydrogens (tertiary/aromatic N) is 2. The first-order chi connectivity index (χ1) is 13.2. The number of rotatable bonds is 4. The van der Waals surface area contributed by atoms with Crippen molar-refractivity contribution in [3.05, 3.63) is 65.2 Å². The van der Waals surface area contributed by atoms with Crippen molar-refractivity contribution in [3.63, 3.8) is 0 Å². The molecule has 2 N–H and O–H groups in total. The van der Waals surface area contributed by atoms with E-state index in [1.54, 1.807) is 28.8 Å². The standard InChI is InChI=1S/C17H11Cl2F3N4O2/c18-14-15(19)26(9-23-14)12-5-1-10(2-6-12)24-16(27)25-11-3-7-13(8-4-11)28-17(20,21)22/h1-9H,(H2,24,25,27). The molecule has 0 unspecified atom stereocenters. The topological polar surface area (TPSA) is 68.2 Å². The maximum atomic E-state index is 12.1. The number of carbonyl (C=O) groups excluding carboxylic acids is 1. The van der Waals surface area contributed by atoms with Crippen molar-refractivity contribution < 1.29 is 22.7 Å². The SMILES string of the molecule is O=C(Nc1ccc(OC(F)(F)F)cc1)Nc1ccc(-n2cnc(Cl)c2Cl)cc1. The van der Waals surface area contributed by atoms with Gasteiger partial charge in [-0.3, -0.25) is 4.57 Å². The number of aromatic nitrogens is 2. The third-order valence-electron chi connectivity index (χ3n) is 3.42. The van der Waals surface area contributed by atoms with Gasteiger partial charge in [0, 0.05) is 17.1 Å². The molecule has 0 bridgehead atoms. The fourth-order valence-electron chi connectivity index (χ4n) is 2.23. The molecule has 3 aromatic rings. The number of carbonyl (C=O) groups is 1. The van der Waals surface area contributed by atoms with Crippen LogP contribution in [0.3, 0.4) is 0 Å². The number of urea groups is 1. The van der Waals surface area contributed by atoms with Crippen molar-refractivity contribution in [2.75, 3.05) is 10.6 Å². The molecular weight excluding hydrogens is 420 g/mol. The minimum atomic E-state index is -4.77. The third kappa shape index (κ3) is 5.08. The van der Waals surface area contributed by atoms with Crippen molar-refractivity contribution in [1.29, 1.82) is 0 Å². The number of anilines is 2. The molecule has 1 aromatic heterocycles. The molecule has 0 fully saturated rings. The molecule has 3 rings (SSSR count). The number of imidazole rings is 1. The highest BCUT2D eigenvalue weighted by Crippen LogP contribution is 2.25. The van der Waals surface area contributed by atoms with E-state index in [4.69, 9.17) is 23.2 Å². The Morgan fingerprint density at radius 2 is 1.50 bits per heavy atom. The largest absolute Gasteiger partial charge is 0.573 e. The summed E-state index contributed by atoms with van der Waals surface area (Å²) in [6.07, 6.45) is -3.31. The van der Waals surface area contributed by atoms with Gasteiger partial charge >= 0.3 is 12.4 Å². The molecule has 0 aliphatic carbocycles. The Bertz CT molecular complexity index is 974. The lowest BCUT2D eigenvalue weighted by atomic mass is 10.3. The second-order valence-corrected chi connectivity index (χ2v) is 6.11. The van der Waals surface area contributed by atoms with E-state index in [2.05, 4.69) is 20.4 Å². The highest BCUT2D eigenvalue weighted by Gasteiger charge is 2.30. The predicted octanol–water partition coefficient (Wildman–Crippen LogP) is 5.72. The molecule has 0 saturated carbocycles. The molecule has 146 valence electrons. The van der Waals surface area contributed by atoms with E-state index in [0.29, 0.717) is 17.1 Å². The molecular formula is C17H11Cl2F3N4O2. The van der Waals surface area contributed by atoms with E-state index in [1.165, 1.54) is 18.5 Å². The Labute approximate surface area is 166 Å². The van der Waals surface area contributed by atoms with Gasteiger partial charge in [0.2, 0.25) is 0 Å². The number of hydrogen-bond donors (Lipinski definition) is 2. The van der Waals surface area contributed by atoms with Gasteiger partial charge in [-0.15, -0.1) is 13.2 Å². The van der Waals surface area contributed by atoms with Crippen molar-refractivity contribution >= 4 is 40.6 Å². The monoisotopic (exact) mass is 430 g/mol. The maximum absolute atomic E-state index is 12.1. The van der Waals surface area contributed by atoms with Crippen LogP contribution in [0.1, 0.15) is 0 Å². The number of hydrogen-bond acceptors (Lipinski definition) is 3. The van der Waals surface area contributed by atoms with E-state index in [-0.39, 0.29) is 16.1 Å². The quantitative estimate of drug-likeness (QED) is 0.555. The third-order valence-corrected chi connectivity index (χ3v) is 4.15. The smallest absolute Gasteiger partial charge is 0.406 e. The average molecular weight is 431 g/mol. The van der Waals surface area contributed by atoms with Crippen LogP contribution < -0.4 is 15.4 Å². The highest BCUT2D eigenvalue weighted by molar-refractivity contribution is 6.40. The van der Waals surface area contributed by atoms with Crippen LogP contribution in [0.4, 0.5) is 29.3 Å². The summed E-state index contributed by atoms with van der Waals surface area (Å²) in [4.78, 5) is 15.9. The molecule has 2 amide bonds. The average Bonchev–Trinajstić information content (AvgIpc) is 2.95. The van der Waals surface area contributed by atoms with Gasteiger partial charge in [0.15, 0.2) is 10.3 Å². The lowest BCUT2D eigenvalue weighted by Crippen LogP contribution is -2.19. The number of halogens is 5. The Kier molecular flexibility index (Phi) is 5.66. The number of nitrogens with one attached hydrogen (secondary N) is 2. The first-order valence-corrected chi connectivity index (χ1v) is 8.39. The van der Waals surface area contributed by atoms with Gasteiger partial charge in [0.25, 0.3) is 0 Å². The van der Waals surface area contributed by atoms with Crippen LogP contribution in [-0.2, 0) is 0 Å². The Morgan fingerprint density at radius 3 is 1.96 bits per heavy atom. The zero-order valence-electron chi connectivity index (χ0n) is 13.8. The maximum Gasteiger partial charge on any atom is 0.573 e. The molecule has 1 heterocycles. The Hall–Kier alpha value is -2.91. The number of benzene rings is 2. The predicted molar refractivity (Wildman–Crippen MR) is 99.4 cm³/mol. The summed E-state index contributed by atoms with van der Waals surface area (Å²) in [6, 6.07) is 10.9. The fraction of sp³-hybridized carbons (Fsp3) is 0.0588. The highest BCUT2D eigenvalue weighted by atomic mass is 35.5. The molecule has 11 heteroatoms. The van der Waals surface area contributed by atoms with Gasteiger partial charge in [0.05, 0.1) is 0 Å². The van der Waals surface area contributed by atoms with Crippen LogP contribution in [0.15, 0.2) is 54.9 Å². The van der Waals surface area contributed by atoms with E-state index in [9.17, 15) is 18.0 Å². The van der Waals surface area contributed by atoms with E-state index >= 15 is 0 Å². The Balaban J connectivity index is 1.59. The van der Waals surface area contributed by atoms with Crippen LogP contribution in [-0.4, -0.2) is 21.9 Å². The van der Waals surface area contributed by atoms with E-state index < -0.39 is 12.4 Å². The van der Waals surface area contributed by atoms with Crippen molar-refractivity contribution in [3.8, 4) is 11.4 Å². The van der Waals surface area contributed by atoms with Crippen molar-refractivity contribution in [2.45, 2.75) is 6.36 Å². The number of alkyl halides is 3. The summed E-state index contributed by atoms with van der Waals surface area (Å²) in [5.74, 6) is -0.382. The normalized spacial score (nSPS) is 11.2. The fourth-order valence-corrected chi connectivity index (χ4v) is 2.56. The second-order valence-electron chi connectivity index (χ2n) is 5.39. The Morgan fingerprint density at radius 1 is 0.964 bits per heavy atom. The molecule has 0 radical (unpaired) electrons. The lowest BCUT2D eigenvalue weighted by Gasteiger charge is -2.11. The second kappa shape index (κ2) is 7.99. The van der Waals surface area contributed by atoms with Gasteiger partial charge in [-0.1, -0.05) is 23.2 Å². The van der Waals surface area contributed by atoms with Gasteiger partial charge < -0.3 is 15.4 Å². The van der Waals surface area contributed by atoms with E-state index in [1.807, 2.05) is 0 Å². The summed E-state index contributed by atoms with van der Waals surface area (Å²) in [6.45, 7) is 0. The molecule has 0 spiro atoms. The minimum absolute atomic E-state index is 0.176. The summed E-state index contributed by atoms with van der Waals surface area (Å²) in [7, 11) is 0. The van der Waals surface area contributed by atoms with Crippen molar-refractivity contribution in [1.82, 2.24) is 9.55 Å². The first-order valence-electron chi connectivity index (χ1n) is 7.64. The van der Waals surface area contributed by atoms with Crippen LogP contribution in [0.5, 0.6) is 5.75 Å². The molecule has 0 atom stereocenters. The molecule has 6 nitrogen and oxygen atoms in total. The number of amides is 2. The van der Waals surface area contributed by atoms with Crippen LogP contribution in [0.2, 0.25) is 10.3 Å². The molecule has 0 aliphatic rings. The summed E-state index contributed by atoms with van der Waals surface area (Å²) >= 11 is 11.8. The van der Waals surface area contributed by atoms with Gasteiger partial charge in [0.1, 0.15) is 12.1 Å². The summed E-state index contributed by atoms with van der Waals surface area (Å²) in [5, 5.41) is 5.53. The first kappa shape index (κ1) is 19.8. The molecule has 0 saturated heterocycles. The summed E-state index contributed by atoms with van der Waals surface area (Å²) in [5.41, 5.74) is 1.47. The van der Waals surface area contributed by atoms with E-state index in [0.717, 1.165) is 12.1 Å². The van der Waals surface area contributed by atoms with Gasteiger partial charge in [-0.05, 0) is 48.5 Å². The van der Waals surface area contributed by atoms with Gasteiger partial charge in [-0.2, -0.15) is 0 Å². The van der Waals surface area contributed by atoms with Crippen LogP contribution >= 0.6 is 23.2 Å². The molecule has 2 aromatic carbocycles. The summed E-state index contributed by atoms with van der Waals surface area (Å²) < 4.78 is 41.7. The van der Waals surface area contributed by atoms with Crippen LogP contribution in [0.25, 0.3) is 5.69 Å². The van der Waals surface area contributed by atoms with Gasteiger partial charge in [-0.25, -0.2) is 9.78 Å². The zero-order chi connectivity index (χ0) is 20.3. The number of ether oxygens (including phenoxy) is 1. The lowest BCUT2D eigenvalue weighted by molar-refractivity contribution is -0.274. The molecule has 28 heavy (non-hydrogen) atoms. The zero-order valence-corrected chi connectivity index (χ0v) is 15.3. The van der Waals surface area contributed by atoms with Crippen molar-refractivity contribution in [2.24, 2.45) is 0 Å². The van der Waals surface area contributed by atoms with Crippen LogP contribution in [0, 0.1) is 0 Å². The minimum Gasteiger partial charge on any atom is -0.406 e.